The second-order valence-corrected chi connectivity index (χ2v) is 9.06. The SMILES string of the molecule is CN(Cc1c(S(C)(=O)=O)ccc(C(=O)c2c[nH]n(C)c2=O)c1Cl)C1CC1. The molecule has 0 spiro atoms. The summed E-state index contributed by atoms with van der Waals surface area (Å²) in [7, 11) is -0.110. The van der Waals surface area contributed by atoms with Crippen molar-refractivity contribution in [2.45, 2.75) is 30.3 Å². The minimum Gasteiger partial charge on any atom is -0.302 e. The minimum atomic E-state index is -3.51. The van der Waals surface area contributed by atoms with Crippen LogP contribution in [0, 0.1) is 0 Å². The monoisotopic (exact) mass is 397 g/mol. The van der Waals surface area contributed by atoms with Crippen LogP contribution in [-0.2, 0) is 23.4 Å². The molecule has 1 aromatic heterocycles. The molecule has 1 aliphatic rings. The topological polar surface area (TPSA) is 92.2 Å². The number of nitrogens with zero attached hydrogens (tertiary/aromatic N) is 2. The number of carbonyl (C=O) groups is 1. The molecule has 9 heteroatoms. The van der Waals surface area contributed by atoms with Gasteiger partial charge in [-0.3, -0.25) is 19.2 Å². The highest BCUT2D eigenvalue weighted by Gasteiger charge is 2.30. The quantitative estimate of drug-likeness (QED) is 0.747. The second kappa shape index (κ2) is 6.68. The first kappa shape index (κ1) is 18.9. The van der Waals surface area contributed by atoms with Gasteiger partial charge in [0.05, 0.1) is 9.92 Å². The Balaban J connectivity index is 2.11. The molecule has 1 fully saturated rings. The highest BCUT2D eigenvalue weighted by Crippen LogP contribution is 2.33. The van der Waals surface area contributed by atoms with Crippen LogP contribution in [0.3, 0.4) is 0 Å². The largest absolute Gasteiger partial charge is 0.302 e. The van der Waals surface area contributed by atoms with Crippen molar-refractivity contribution in [1.29, 1.82) is 0 Å². The zero-order valence-corrected chi connectivity index (χ0v) is 16.3. The molecule has 2 aromatic rings. The Kier molecular flexibility index (Phi) is 4.85. The van der Waals surface area contributed by atoms with Crippen molar-refractivity contribution in [1.82, 2.24) is 14.7 Å². The highest BCUT2D eigenvalue weighted by atomic mass is 35.5. The lowest BCUT2D eigenvalue weighted by atomic mass is 10.0. The van der Waals surface area contributed by atoms with Crippen molar-refractivity contribution in [3.8, 4) is 0 Å². The van der Waals surface area contributed by atoms with Crippen LogP contribution in [0.1, 0.15) is 34.3 Å². The van der Waals surface area contributed by atoms with Crippen LogP contribution >= 0.6 is 11.6 Å². The van der Waals surface area contributed by atoms with Gasteiger partial charge in [0.15, 0.2) is 9.84 Å². The van der Waals surface area contributed by atoms with Gasteiger partial charge in [-0.25, -0.2) is 8.42 Å². The first-order valence-corrected chi connectivity index (χ1v) is 10.4. The lowest BCUT2D eigenvalue weighted by molar-refractivity contribution is 0.103. The normalized spacial score (nSPS) is 14.8. The van der Waals surface area contributed by atoms with E-state index in [1.54, 1.807) is 0 Å². The van der Waals surface area contributed by atoms with Crippen molar-refractivity contribution < 1.29 is 13.2 Å². The summed E-state index contributed by atoms with van der Waals surface area (Å²) in [6.07, 6.45) is 4.55. The Bertz CT molecular complexity index is 1030. The van der Waals surface area contributed by atoms with E-state index in [4.69, 9.17) is 11.6 Å². The van der Waals surface area contributed by atoms with Gasteiger partial charge in [0.1, 0.15) is 5.56 Å². The van der Waals surface area contributed by atoms with Crippen molar-refractivity contribution >= 4 is 27.2 Å². The van der Waals surface area contributed by atoms with Crippen LogP contribution in [0.5, 0.6) is 0 Å². The molecular formula is C17H20ClN3O4S. The molecule has 1 saturated carbocycles. The van der Waals surface area contributed by atoms with E-state index >= 15 is 0 Å². The molecule has 0 atom stereocenters. The van der Waals surface area contributed by atoms with E-state index in [1.807, 2.05) is 11.9 Å². The Morgan fingerprint density at radius 1 is 1.35 bits per heavy atom. The van der Waals surface area contributed by atoms with E-state index in [1.165, 1.54) is 30.1 Å². The fraction of sp³-hybridized carbons (Fsp3) is 0.412. The Labute approximate surface area is 156 Å². The van der Waals surface area contributed by atoms with Crippen LogP contribution in [0.25, 0.3) is 0 Å². The maximum absolute atomic E-state index is 12.8. The van der Waals surface area contributed by atoms with Crippen LogP contribution in [0.15, 0.2) is 28.0 Å². The number of carbonyl (C=O) groups excluding carboxylic acids is 1. The molecule has 26 heavy (non-hydrogen) atoms. The molecular weight excluding hydrogens is 378 g/mol. The number of hydrogen-bond acceptors (Lipinski definition) is 5. The predicted octanol–water partition coefficient (Wildman–Crippen LogP) is 1.60. The van der Waals surface area contributed by atoms with E-state index in [-0.39, 0.29) is 21.0 Å². The van der Waals surface area contributed by atoms with E-state index in [0.29, 0.717) is 18.2 Å². The summed E-state index contributed by atoms with van der Waals surface area (Å²) in [5.74, 6) is -0.535. The fourth-order valence-electron chi connectivity index (χ4n) is 2.94. The van der Waals surface area contributed by atoms with Crippen LogP contribution in [-0.4, -0.2) is 48.2 Å². The van der Waals surface area contributed by atoms with Crippen molar-refractivity contribution in [3.63, 3.8) is 0 Å². The van der Waals surface area contributed by atoms with Gasteiger partial charge in [-0.15, -0.1) is 0 Å². The maximum Gasteiger partial charge on any atom is 0.277 e. The summed E-state index contributed by atoms with van der Waals surface area (Å²) in [6.45, 7) is 0.318. The molecule has 0 radical (unpaired) electrons. The van der Waals surface area contributed by atoms with Gasteiger partial charge in [0.2, 0.25) is 5.78 Å². The summed E-state index contributed by atoms with van der Waals surface area (Å²) < 4.78 is 25.5. The molecule has 0 unspecified atom stereocenters. The number of H-pyrrole nitrogens is 1. The first-order chi connectivity index (χ1) is 12.1. The number of aromatic nitrogens is 2. The molecule has 1 aliphatic carbocycles. The predicted molar refractivity (Wildman–Crippen MR) is 98.5 cm³/mol. The first-order valence-electron chi connectivity index (χ1n) is 8.12. The zero-order valence-electron chi connectivity index (χ0n) is 14.7. The van der Waals surface area contributed by atoms with E-state index < -0.39 is 21.2 Å². The number of nitrogens with one attached hydrogen (secondary N) is 1. The number of halogens is 1. The van der Waals surface area contributed by atoms with Gasteiger partial charge < -0.3 is 5.10 Å². The molecule has 140 valence electrons. The minimum absolute atomic E-state index is 0.0389. The van der Waals surface area contributed by atoms with Crippen molar-refractivity contribution in [2.75, 3.05) is 13.3 Å². The van der Waals surface area contributed by atoms with Crippen molar-refractivity contribution in [2.24, 2.45) is 7.05 Å². The smallest absolute Gasteiger partial charge is 0.277 e. The lowest BCUT2D eigenvalue weighted by Gasteiger charge is -2.20. The molecule has 0 amide bonds. The number of aromatic amines is 1. The Morgan fingerprint density at radius 2 is 2.00 bits per heavy atom. The third kappa shape index (κ3) is 3.49. The maximum atomic E-state index is 12.8. The molecule has 1 heterocycles. The van der Waals surface area contributed by atoms with Gasteiger partial charge in [-0.1, -0.05) is 11.6 Å². The number of aryl methyl sites for hydroxylation is 1. The third-order valence-electron chi connectivity index (χ3n) is 4.60. The summed E-state index contributed by atoms with van der Waals surface area (Å²) >= 11 is 6.46. The molecule has 3 rings (SSSR count). The second-order valence-electron chi connectivity index (χ2n) is 6.70. The van der Waals surface area contributed by atoms with Gasteiger partial charge in [0.25, 0.3) is 5.56 Å². The highest BCUT2D eigenvalue weighted by molar-refractivity contribution is 7.90. The van der Waals surface area contributed by atoms with E-state index in [0.717, 1.165) is 19.1 Å². The third-order valence-corrected chi connectivity index (χ3v) is 6.22. The van der Waals surface area contributed by atoms with Crippen LogP contribution in [0.2, 0.25) is 5.02 Å². The van der Waals surface area contributed by atoms with Gasteiger partial charge >= 0.3 is 0 Å². The molecule has 1 aromatic carbocycles. The van der Waals surface area contributed by atoms with Gasteiger partial charge in [0, 0.05) is 43.2 Å². The summed E-state index contributed by atoms with van der Waals surface area (Å²) in [4.78, 5) is 26.9. The molecule has 0 saturated heterocycles. The number of benzene rings is 1. The number of hydrogen-bond donors (Lipinski definition) is 1. The summed E-state index contributed by atoms with van der Waals surface area (Å²) in [6, 6.07) is 3.16. The Morgan fingerprint density at radius 3 is 2.50 bits per heavy atom. The number of ketones is 1. The molecule has 1 N–H and O–H groups in total. The lowest BCUT2D eigenvalue weighted by Crippen LogP contribution is -2.23. The average Bonchev–Trinajstić information content (AvgIpc) is 3.35. The summed E-state index contributed by atoms with van der Waals surface area (Å²) in [5.41, 5.74) is 0.00893. The number of sulfone groups is 1. The van der Waals surface area contributed by atoms with Crippen molar-refractivity contribution in [3.05, 3.63) is 50.4 Å². The Hall–Kier alpha value is -1.90. The fourth-order valence-corrected chi connectivity index (χ4v) is 4.23. The van der Waals surface area contributed by atoms with Crippen LogP contribution < -0.4 is 5.56 Å². The van der Waals surface area contributed by atoms with E-state index in [2.05, 4.69) is 5.10 Å². The van der Waals surface area contributed by atoms with Gasteiger partial charge in [-0.2, -0.15) is 0 Å². The average molecular weight is 398 g/mol. The molecule has 0 bridgehead atoms. The van der Waals surface area contributed by atoms with Crippen LogP contribution in [0.4, 0.5) is 0 Å². The van der Waals surface area contributed by atoms with Gasteiger partial charge in [-0.05, 0) is 32.0 Å². The summed E-state index contributed by atoms with van der Waals surface area (Å²) in [5, 5.41) is 2.73. The molecule has 7 nitrogen and oxygen atoms in total. The standard InChI is InChI=1S/C17H20ClN3O4S/c1-20(10-4-5-10)9-13-14(26(3,24)25)7-6-11(15(13)18)16(22)12-8-19-21(2)17(12)23/h6-8,10,19H,4-5,9H2,1-3H3. The van der Waals surface area contributed by atoms with E-state index in [9.17, 15) is 18.0 Å². The number of rotatable bonds is 6. The zero-order chi connectivity index (χ0) is 19.2. The molecule has 0 aliphatic heterocycles.